The first-order valence-electron chi connectivity index (χ1n) is 6.79. The summed E-state index contributed by atoms with van der Waals surface area (Å²) in [4.78, 5) is 0. The second-order valence-electron chi connectivity index (χ2n) is 5.47. The molecule has 1 aliphatic carbocycles. The summed E-state index contributed by atoms with van der Waals surface area (Å²) in [5.41, 5.74) is 1.38. The van der Waals surface area contributed by atoms with Gasteiger partial charge < -0.3 is 10.1 Å². The van der Waals surface area contributed by atoms with Gasteiger partial charge in [-0.3, -0.25) is 0 Å². The Kier molecular flexibility index (Phi) is 3.06. The van der Waals surface area contributed by atoms with Crippen molar-refractivity contribution in [3.8, 4) is 5.75 Å². The summed E-state index contributed by atoms with van der Waals surface area (Å²) >= 11 is 0. The van der Waals surface area contributed by atoms with E-state index in [1.165, 1.54) is 24.8 Å². The first-order valence-corrected chi connectivity index (χ1v) is 6.79. The van der Waals surface area contributed by atoms with Gasteiger partial charge in [0.15, 0.2) is 0 Å². The van der Waals surface area contributed by atoms with Crippen molar-refractivity contribution in [2.24, 2.45) is 5.92 Å². The standard InChI is InChI=1S/C15H21NO/c1-11-5-4-7-14(11)16-9-12-10-17-15-8-3-2-6-13(12)15/h2-3,6,8,11-12,14,16H,4-5,7,9-10H2,1H3. The summed E-state index contributed by atoms with van der Waals surface area (Å²) in [5, 5.41) is 3.73. The molecular formula is C15H21NO. The van der Waals surface area contributed by atoms with Gasteiger partial charge in [-0.2, -0.15) is 0 Å². The molecule has 0 saturated heterocycles. The molecular weight excluding hydrogens is 210 g/mol. The van der Waals surface area contributed by atoms with Gasteiger partial charge >= 0.3 is 0 Å². The largest absolute Gasteiger partial charge is 0.493 e. The lowest BCUT2D eigenvalue weighted by Crippen LogP contribution is -2.34. The average Bonchev–Trinajstić information content (AvgIpc) is 2.93. The number of fused-ring (bicyclic) bond motifs is 1. The number of para-hydroxylation sites is 1. The normalized spacial score (nSPS) is 31.2. The van der Waals surface area contributed by atoms with Gasteiger partial charge in [0.2, 0.25) is 0 Å². The molecule has 17 heavy (non-hydrogen) atoms. The third kappa shape index (κ3) is 2.19. The molecule has 0 radical (unpaired) electrons. The summed E-state index contributed by atoms with van der Waals surface area (Å²) in [5.74, 6) is 2.46. The quantitative estimate of drug-likeness (QED) is 0.863. The fraction of sp³-hybridized carbons (Fsp3) is 0.600. The minimum Gasteiger partial charge on any atom is -0.493 e. The van der Waals surface area contributed by atoms with Crippen LogP contribution in [-0.2, 0) is 0 Å². The maximum atomic E-state index is 5.71. The van der Waals surface area contributed by atoms with Gasteiger partial charge in [-0.25, -0.2) is 0 Å². The second-order valence-corrected chi connectivity index (χ2v) is 5.47. The van der Waals surface area contributed by atoms with Gasteiger partial charge in [0.1, 0.15) is 5.75 Å². The van der Waals surface area contributed by atoms with Crippen molar-refractivity contribution in [3.63, 3.8) is 0 Å². The third-order valence-corrected chi connectivity index (χ3v) is 4.29. The molecule has 3 rings (SSSR count). The molecule has 3 atom stereocenters. The van der Waals surface area contributed by atoms with Gasteiger partial charge in [-0.05, 0) is 24.8 Å². The van der Waals surface area contributed by atoms with Crippen LogP contribution in [0, 0.1) is 5.92 Å². The molecule has 0 bridgehead atoms. The van der Waals surface area contributed by atoms with Crippen LogP contribution in [0.25, 0.3) is 0 Å². The van der Waals surface area contributed by atoms with E-state index in [0.717, 1.165) is 30.9 Å². The molecule has 1 aromatic rings. The number of hydrogen-bond donors (Lipinski definition) is 1. The molecule has 2 nitrogen and oxygen atoms in total. The van der Waals surface area contributed by atoms with Gasteiger partial charge in [0.05, 0.1) is 6.61 Å². The summed E-state index contributed by atoms with van der Waals surface area (Å²) < 4.78 is 5.71. The highest BCUT2D eigenvalue weighted by molar-refractivity contribution is 5.39. The van der Waals surface area contributed by atoms with Crippen molar-refractivity contribution < 1.29 is 4.74 Å². The topological polar surface area (TPSA) is 21.3 Å². The van der Waals surface area contributed by atoms with Crippen molar-refractivity contribution in [1.82, 2.24) is 5.32 Å². The van der Waals surface area contributed by atoms with Crippen molar-refractivity contribution >= 4 is 0 Å². The zero-order valence-electron chi connectivity index (χ0n) is 10.5. The Bertz CT molecular complexity index is 390. The summed E-state index contributed by atoms with van der Waals surface area (Å²) in [6, 6.07) is 9.16. The Labute approximate surface area is 103 Å². The Morgan fingerprint density at radius 2 is 2.18 bits per heavy atom. The lowest BCUT2D eigenvalue weighted by molar-refractivity contribution is 0.316. The van der Waals surface area contributed by atoms with Crippen molar-refractivity contribution in [2.45, 2.75) is 38.1 Å². The van der Waals surface area contributed by atoms with Gasteiger partial charge in [0.25, 0.3) is 0 Å². The van der Waals surface area contributed by atoms with Crippen LogP contribution in [0.2, 0.25) is 0 Å². The lowest BCUT2D eigenvalue weighted by Gasteiger charge is -2.19. The van der Waals surface area contributed by atoms with E-state index in [1.807, 2.05) is 6.07 Å². The minimum absolute atomic E-state index is 0.541. The van der Waals surface area contributed by atoms with Crippen LogP contribution in [0.4, 0.5) is 0 Å². The number of benzene rings is 1. The van der Waals surface area contributed by atoms with Crippen LogP contribution >= 0.6 is 0 Å². The Morgan fingerprint density at radius 1 is 1.29 bits per heavy atom. The minimum atomic E-state index is 0.541. The van der Waals surface area contributed by atoms with Gasteiger partial charge in [-0.1, -0.05) is 31.5 Å². The monoisotopic (exact) mass is 231 g/mol. The van der Waals surface area contributed by atoms with Crippen LogP contribution in [0.1, 0.15) is 37.7 Å². The first kappa shape index (κ1) is 11.1. The molecule has 1 fully saturated rings. The summed E-state index contributed by atoms with van der Waals surface area (Å²) in [6.07, 6.45) is 4.11. The predicted molar refractivity (Wildman–Crippen MR) is 69.5 cm³/mol. The molecule has 1 N–H and O–H groups in total. The van der Waals surface area contributed by atoms with Crippen molar-refractivity contribution in [1.29, 1.82) is 0 Å². The summed E-state index contributed by atoms with van der Waals surface area (Å²) in [7, 11) is 0. The number of hydrogen-bond acceptors (Lipinski definition) is 2. The molecule has 1 heterocycles. The van der Waals surface area contributed by atoms with Crippen LogP contribution in [0.5, 0.6) is 5.75 Å². The number of ether oxygens (including phenoxy) is 1. The van der Waals surface area contributed by atoms with E-state index in [4.69, 9.17) is 4.74 Å². The molecule has 2 aliphatic rings. The maximum Gasteiger partial charge on any atom is 0.122 e. The molecule has 0 aromatic heterocycles. The van der Waals surface area contributed by atoms with Crippen molar-refractivity contribution in [3.05, 3.63) is 29.8 Å². The van der Waals surface area contributed by atoms with Gasteiger partial charge in [0, 0.05) is 24.1 Å². The third-order valence-electron chi connectivity index (χ3n) is 4.29. The molecule has 1 saturated carbocycles. The molecule has 92 valence electrons. The summed E-state index contributed by atoms with van der Waals surface area (Å²) in [6.45, 7) is 4.27. The Balaban J connectivity index is 1.60. The van der Waals surface area contributed by atoms with E-state index in [0.29, 0.717) is 5.92 Å². The Hall–Kier alpha value is -1.02. The lowest BCUT2D eigenvalue weighted by atomic mass is 10.00. The van der Waals surface area contributed by atoms with E-state index in [9.17, 15) is 0 Å². The zero-order chi connectivity index (χ0) is 11.7. The molecule has 0 spiro atoms. The first-order chi connectivity index (χ1) is 8.34. The van der Waals surface area contributed by atoms with E-state index in [1.54, 1.807) is 0 Å². The fourth-order valence-electron chi connectivity index (χ4n) is 3.14. The Morgan fingerprint density at radius 3 is 3.00 bits per heavy atom. The average molecular weight is 231 g/mol. The predicted octanol–water partition coefficient (Wildman–Crippen LogP) is 2.94. The highest BCUT2D eigenvalue weighted by Gasteiger charge is 2.27. The zero-order valence-corrected chi connectivity index (χ0v) is 10.5. The van der Waals surface area contributed by atoms with Crippen LogP contribution in [0.3, 0.4) is 0 Å². The van der Waals surface area contributed by atoms with E-state index in [-0.39, 0.29) is 0 Å². The van der Waals surface area contributed by atoms with E-state index < -0.39 is 0 Å². The van der Waals surface area contributed by atoms with Crippen LogP contribution in [0.15, 0.2) is 24.3 Å². The van der Waals surface area contributed by atoms with E-state index >= 15 is 0 Å². The van der Waals surface area contributed by atoms with Crippen LogP contribution in [-0.4, -0.2) is 19.2 Å². The molecule has 1 aromatic carbocycles. The smallest absolute Gasteiger partial charge is 0.122 e. The SMILES string of the molecule is CC1CCCC1NCC1COc2ccccc21. The second kappa shape index (κ2) is 4.69. The fourth-order valence-corrected chi connectivity index (χ4v) is 3.14. The molecule has 2 heteroatoms. The van der Waals surface area contributed by atoms with Crippen molar-refractivity contribution in [2.75, 3.05) is 13.2 Å². The molecule has 0 amide bonds. The highest BCUT2D eigenvalue weighted by atomic mass is 16.5. The highest BCUT2D eigenvalue weighted by Crippen LogP contribution is 2.33. The molecule has 1 aliphatic heterocycles. The van der Waals surface area contributed by atoms with Gasteiger partial charge in [-0.15, -0.1) is 0 Å². The maximum absolute atomic E-state index is 5.71. The van der Waals surface area contributed by atoms with E-state index in [2.05, 4.69) is 30.4 Å². The number of rotatable bonds is 3. The molecule has 3 unspecified atom stereocenters. The van der Waals surface area contributed by atoms with Crippen LogP contribution < -0.4 is 10.1 Å². The number of nitrogens with one attached hydrogen (secondary N) is 1.